The van der Waals surface area contributed by atoms with E-state index in [0.717, 1.165) is 21.9 Å². The van der Waals surface area contributed by atoms with Crippen LogP contribution in [-0.2, 0) is 11.2 Å². The topological polar surface area (TPSA) is 92.4 Å². The molecule has 11 heteroatoms. The fourth-order valence-corrected chi connectivity index (χ4v) is 6.03. The van der Waals surface area contributed by atoms with Crippen LogP contribution in [0.1, 0.15) is 53.0 Å². The third kappa shape index (κ3) is 4.42. The predicted octanol–water partition coefficient (Wildman–Crippen LogP) is 3.41. The molecule has 0 N–H and O–H groups in total. The van der Waals surface area contributed by atoms with Crippen molar-refractivity contribution >= 4 is 27.7 Å². The van der Waals surface area contributed by atoms with Crippen molar-refractivity contribution in [2.45, 2.75) is 38.6 Å². The van der Waals surface area contributed by atoms with Crippen LogP contribution in [0, 0.1) is 0 Å². The Kier molecular flexibility index (Phi) is 6.77. The minimum Gasteiger partial charge on any atom is -0.440 e. The molecule has 0 bridgehead atoms. The van der Waals surface area contributed by atoms with Gasteiger partial charge in [-0.1, -0.05) is 32.6 Å². The zero-order valence-corrected chi connectivity index (χ0v) is 23.8. The first-order chi connectivity index (χ1) is 19.3. The van der Waals surface area contributed by atoms with Gasteiger partial charge < -0.3 is 14.5 Å². The molecule has 40 heavy (non-hydrogen) atoms. The van der Waals surface area contributed by atoms with E-state index in [1.807, 2.05) is 24.3 Å². The minimum absolute atomic E-state index is 0.0680. The van der Waals surface area contributed by atoms with E-state index in [-0.39, 0.29) is 31.5 Å². The van der Waals surface area contributed by atoms with Gasteiger partial charge in [0.05, 0.1) is 45.8 Å². The number of benzene rings is 2. The molecule has 6 rings (SSSR count). The summed E-state index contributed by atoms with van der Waals surface area (Å²) in [6.07, 6.45) is -0.180. The van der Waals surface area contributed by atoms with Crippen molar-refractivity contribution in [3.63, 3.8) is 0 Å². The quantitative estimate of drug-likeness (QED) is 0.426. The summed E-state index contributed by atoms with van der Waals surface area (Å²) in [5.74, 6) is -0.185. The highest BCUT2D eigenvalue weighted by Crippen LogP contribution is 2.40. The maximum Gasteiger partial charge on any atom is 0.257 e. The number of carbonyl (C=O) groups excluding carboxylic acids is 2. The van der Waals surface area contributed by atoms with Gasteiger partial charge in [0.1, 0.15) is 6.67 Å². The average molecular weight is 607 g/mol. The number of hydrogen-bond acceptors (Lipinski definition) is 6. The Bertz CT molecular complexity index is 1650. The smallest absolute Gasteiger partial charge is 0.257 e. The van der Waals surface area contributed by atoms with Crippen molar-refractivity contribution < 1.29 is 18.7 Å². The van der Waals surface area contributed by atoms with Crippen LogP contribution in [0.15, 0.2) is 63.5 Å². The number of fused-ring (bicyclic) bond motifs is 1. The molecular weight excluding hydrogens is 579 g/mol. The van der Waals surface area contributed by atoms with E-state index >= 15 is 4.39 Å². The first-order valence-corrected chi connectivity index (χ1v) is 14.0. The van der Waals surface area contributed by atoms with Gasteiger partial charge in [-0.15, -0.1) is 5.10 Å². The Balaban J connectivity index is 1.48. The molecule has 0 saturated carbocycles. The number of hydrogen-bond donors (Lipinski definition) is 0. The molecule has 206 valence electrons. The standard InChI is InChI=1S/C29H28BrFN6O3/c1-4-24(38)35-13-22-25-21(11-12-36(22)29(39)19-9-10-20(30)27-26(19)32-15-33-27)37(34-28(25)40-23(31)14-35)18-7-5-17(6-8-18)16(2)3/h4-10,16,22-23H,1,11-15H2,2-3H3. The number of nitrogens with zero attached hydrogens (tertiary/aromatic N) is 6. The SMILES string of the molecule is C=CC(=O)N1CC(F)Oc2nn(-c3ccc(C(C)C)cc3)c3c2C(C1)N(C(=O)c1ccc(Br)c2c1=NCN=2)CC3. The van der Waals surface area contributed by atoms with Crippen molar-refractivity contribution in [2.75, 3.05) is 26.3 Å². The molecule has 2 unspecified atom stereocenters. The Hall–Kier alpha value is -3.86. The lowest BCUT2D eigenvalue weighted by atomic mass is 9.95. The van der Waals surface area contributed by atoms with E-state index in [4.69, 9.17) is 4.74 Å². The highest BCUT2D eigenvalue weighted by Gasteiger charge is 2.42. The van der Waals surface area contributed by atoms with Crippen molar-refractivity contribution in [1.29, 1.82) is 0 Å². The van der Waals surface area contributed by atoms with Crippen LogP contribution in [0.2, 0.25) is 0 Å². The Morgan fingerprint density at radius 3 is 2.60 bits per heavy atom. The monoisotopic (exact) mass is 606 g/mol. The van der Waals surface area contributed by atoms with Crippen LogP contribution in [0.5, 0.6) is 5.88 Å². The fraction of sp³-hybridized carbons (Fsp3) is 0.345. The Labute approximate surface area is 238 Å². The number of alkyl halides is 1. The van der Waals surface area contributed by atoms with Crippen LogP contribution >= 0.6 is 15.9 Å². The van der Waals surface area contributed by atoms with E-state index in [9.17, 15) is 9.59 Å². The van der Waals surface area contributed by atoms with Crippen molar-refractivity contribution in [3.05, 3.63) is 86.6 Å². The van der Waals surface area contributed by atoms with Crippen molar-refractivity contribution in [2.24, 2.45) is 9.98 Å². The Morgan fingerprint density at radius 1 is 1.12 bits per heavy atom. The maximum atomic E-state index is 15.1. The van der Waals surface area contributed by atoms with Gasteiger partial charge >= 0.3 is 0 Å². The van der Waals surface area contributed by atoms with Gasteiger partial charge in [0.25, 0.3) is 12.3 Å². The fourth-order valence-electron chi connectivity index (χ4n) is 5.58. The summed E-state index contributed by atoms with van der Waals surface area (Å²) in [6.45, 7) is 8.21. The van der Waals surface area contributed by atoms with E-state index in [0.29, 0.717) is 40.7 Å². The van der Waals surface area contributed by atoms with E-state index in [1.165, 1.54) is 10.5 Å². The molecule has 2 amide bonds. The van der Waals surface area contributed by atoms with Crippen LogP contribution in [-0.4, -0.2) is 64.1 Å². The molecule has 2 aromatic carbocycles. The molecule has 9 nitrogen and oxygen atoms in total. The minimum atomic E-state index is -1.79. The van der Waals surface area contributed by atoms with Crippen LogP contribution in [0.3, 0.4) is 0 Å². The van der Waals surface area contributed by atoms with Gasteiger partial charge in [-0.2, -0.15) is 4.39 Å². The molecule has 2 atom stereocenters. The molecule has 0 aliphatic carbocycles. The van der Waals surface area contributed by atoms with Crippen molar-refractivity contribution in [1.82, 2.24) is 19.6 Å². The first kappa shape index (κ1) is 26.4. The zero-order valence-electron chi connectivity index (χ0n) is 22.2. The molecule has 4 heterocycles. The number of amides is 2. The van der Waals surface area contributed by atoms with E-state index in [2.05, 4.69) is 51.4 Å². The average Bonchev–Trinajstić information content (AvgIpc) is 3.57. The normalized spacial score (nSPS) is 19.5. The predicted molar refractivity (Wildman–Crippen MR) is 149 cm³/mol. The number of ether oxygens (including phenoxy) is 1. The lowest BCUT2D eigenvalue weighted by Gasteiger charge is -2.40. The number of rotatable bonds is 4. The molecule has 3 aliphatic heterocycles. The van der Waals surface area contributed by atoms with Crippen LogP contribution in [0.4, 0.5) is 4.39 Å². The van der Waals surface area contributed by atoms with Crippen molar-refractivity contribution in [3.8, 4) is 11.6 Å². The summed E-state index contributed by atoms with van der Waals surface area (Å²) in [6, 6.07) is 11.0. The lowest BCUT2D eigenvalue weighted by molar-refractivity contribution is -0.130. The van der Waals surface area contributed by atoms with Crippen LogP contribution in [0.25, 0.3) is 5.69 Å². The molecule has 0 spiro atoms. The largest absolute Gasteiger partial charge is 0.440 e. The second-order valence-corrected chi connectivity index (χ2v) is 11.2. The molecule has 0 saturated heterocycles. The maximum absolute atomic E-state index is 15.1. The van der Waals surface area contributed by atoms with Gasteiger partial charge in [-0.3, -0.25) is 19.6 Å². The zero-order chi connectivity index (χ0) is 28.1. The van der Waals surface area contributed by atoms with E-state index in [1.54, 1.807) is 21.7 Å². The number of carbonyl (C=O) groups is 2. The van der Waals surface area contributed by atoms with Gasteiger partial charge in [0.15, 0.2) is 0 Å². The van der Waals surface area contributed by atoms with Gasteiger partial charge in [-0.25, -0.2) is 4.68 Å². The Morgan fingerprint density at radius 2 is 1.88 bits per heavy atom. The molecule has 0 fully saturated rings. The van der Waals surface area contributed by atoms with E-state index < -0.39 is 18.3 Å². The summed E-state index contributed by atoms with van der Waals surface area (Å²) in [4.78, 5) is 38.7. The summed E-state index contributed by atoms with van der Waals surface area (Å²) in [5, 5.41) is 5.87. The molecule has 3 aliphatic rings. The molecule has 1 aromatic heterocycles. The summed E-state index contributed by atoms with van der Waals surface area (Å²) >= 11 is 3.49. The summed E-state index contributed by atoms with van der Waals surface area (Å²) in [5.41, 5.74) is 3.85. The van der Waals surface area contributed by atoms with Crippen LogP contribution < -0.4 is 15.5 Å². The third-order valence-electron chi connectivity index (χ3n) is 7.63. The highest BCUT2D eigenvalue weighted by molar-refractivity contribution is 9.10. The first-order valence-electron chi connectivity index (χ1n) is 13.2. The lowest BCUT2D eigenvalue weighted by Crippen LogP contribution is -2.50. The summed E-state index contributed by atoms with van der Waals surface area (Å²) < 4.78 is 23.3. The molecular formula is C29H28BrFN6O3. The van der Waals surface area contributed by atoms with Gasteiger partial charge in [-0.05, 0) is 57.8 Å². The number of aromatic nitrogens is 2. The second-order valence-electron chi connectivity index (χ2n) is 10.3. The summed E-state index contributed by atoms with van der Waals surface area (Å²) in [7, 11) is 0. The highest BCUT2D eigenvalue weighted by atomic mass is 79.9. The molecule has 3 aromatic rings. The third-order valence-corrected chi connectivity index (χ3v) is 8.26. The second kappa shape index (κ2) is 10.3. The molecule has 0 radical (unpaired) electrons. The number of halogens is 2. The van der Waals surface area contributed by atoms with Gasteiger partial charge in [0, 0.05) is 24.0 Å². The van der Waals surface area contributed by atoms with Gasteiger partial charge in [0.2, 0.25) is 11.8 Å².